The lowest BCUT2D eigenvalue weighted by atomic mass is 9.78. The van der Waals surface area contributed by atoms with Gasteiger partial charge >= 0.3 is 0 Å². The molecule has 0 bridgehead atoms. The van der Waals surface area contributed by atoms with Crippen LogP contribution in [0, 0.1) is 23.5 Å². The van der Waals surface area contributed by atoms with E-state index < -0.39 is 0 Å². The highest BCUT2D eigenvalue weighted by Gasteiger charge is 2.30. The van der Waals surface area contributed by atoms with Crippen LogP contribution in [0.1, 0.15) is 44.7 Å². The number of H-pyrrole nitrogens is 1. The summed E-state index contributed by atoms with van der Waals surface area (Å²) in [6, 6.07) is 2.62. The van der Waals surface area contributed by atoms with E-state index in [2.05, 4.69) is 41.4 Å². The summed E-state index contributed by atoms with van der Waals surface area (Å²) < 4.78 is 3.07. The molecule has 102 valence electrons. The van der Waals surface area contributed by atoms with Gasteiger partial charge in [0, 0.05) is 12.2 Å². The number of fused-ring (bicyclic) bond motifs is 1. The minimum atomic E-state index is 0.486. The molecule has 1 aliphatic carbocycles. The van der Waals surface area contributed by atoms with Crippen LogP contribution >= 0.6 is 12.2 Å². The average Bonchev–Trinajstić information content (AvgIpc) is 2.68. The molecule has 1 aliphatic rings. The lowest BCUT2D eigenvalue weighted by molar-refractivity contribution is 0.188. The number of aryl methyl sites for hydroxylation is 1. The van der Waals surface area contributed by atoms with Crippen molar-refractivity contribution in [2.45, 2.75) is 46.1 Å². The molecule has 0 aliphatic heterocycles. The Kier molecular flexibility index (Phi) is 3.21. The van der Waals surface area contributed by atoms with Crippen LogP contribution in [-0.4, -0.2) is 14.5 Å². The Bertz CT molecular complexity index is 655. The molecule has 3 unspecified atom stereocenters. The summed E-state index contributed by atoms with van der Waals surface area (Å²) in [6.07, 6.45) is 5.76. The van der Waals surface area contributed by atoms with Crippen molar-refractivity contribution in [2.24, 2.45) is 11.8 Å². The van der Waals surface area contributed by atoms with E-state index in [0.717, 1.165) is 21.9 Å². The molecular weight excluding hydrogens is 254 g/mol. The van der Waals surface area contributed by atoms with Gasteiger partial charge in [0.2, 0.25) is 0 Å². The zero-order chi connectivity index (χ0) is 13.6. The molecule has 3 nitrogen and oxygen atoms in total. The van der Waals surface area contributed by atoms with Gasteiger partial charge in [-0.25, -0.2) is 4.98 Å². The summed E-state index contributed by atoms with van der Waals surface area (Å²) in [5, 5.41) is 0. The Labute approximate surface area is 119 Å². The topological polar surface area (TPSA) is 33.6 Å². The molecular formula is C15H21N3S. The molecule has 4 heteroatoms. The van der Waals surface area contributed by atoms with Gasteiger partial charge in [-0.15, -0.1) is 0 Å². The molecule has 0 amide bonds. The lowest BCUT2D eigenvalue weighted by Gasteiger charge is -2.35. The van der Waals surface area contributed by atoms with E-state index in [1.165, 1.54) is 24.8 Å². The second-order valence-corrected chi connectivity index (χ2v) is 6.41. The summed E-state index contributed by atoms with van der Waals surface area (Å²) in [4.78, 5) is 7.92. The van der Waals surface area contributed by atoms with E-state index in [9.17, 15) is 0 Å². The van der Waals surface area contributed by atoms with Crippen LogP contribution in [0.2, 0.25) is 0 Å². The van der Waals surface area contributed by atoms with E-state index in [1.807, 2.05) is 6.20 Å². The van der Waals surface area contributed by atoms with E-state index in [-0.39, 0.29) is 0 Å². The van der Waals surface area contributed by atoms with Crippen LogP contribution in [0.25, 0.3) is 11.2 Å². The first-order chi connectivity index (χ1) is 9.08. The molecule has 2 aromatic heterocycles. The van der Waals surface area contributed by atoms with Crippen LogP contribution in [0.4, 0.5) is 0 Å². The van der Waals surface area contributed by atoms with Crippen LogP contribution in [0.5, 0.6) is 0 Å². The number of rotatable bonds is 1. The summed E-state index contributed by atoms with van der Waals surface area (Å²) in [6.45, 7) is 6.77. The summed E-state index contributed by atoms with van der Waals surface area (Å²) >= 11 is 5.54. The lowest BCUT2D eigenvalue weighted by Crippen LogP contribution is -2.27. The Morgan fingerprint density at radius 3 is 2.95 bits per heavy atom. The fourth-order valence-electron chi connectivity index (χ4n) is 3.34. The normalized spacial score (nSPS) is 27.8. The van der Waals surface area contributed by atoms with Gasteiger partial charge in [-0.05, 0) is 49.0 Å². The fourth-order valence-corrected chi connectivity index (χ4v) is 3.68. The number of hydrogen-bond acceptors (Lipinski definition) is 2. The first-order valence-corrected chi connectivity index (χ1v) is 7.55. The maximum atomic E-state index is 5.54. The van der Waals surface area contributed by atoms with Crippen LogP contribution in [0.3, 0.4) is 0 Å². The van der Waals surface area contributed by atoms with Crippen molar-refractivity contribution in [3.05, 3.63) is 22.6 Å². The molecule has 2 aromatic rings. The Morgan fingerprint density at radius 2 is 2.16 bits per heavy atom. The third-order valence-corrected chi connectivity index (χ3v) is 4.99. The predicted octanol–water partition coefficient (Wildman–Crippen LogP) is 4.40. The van der Waals surface area contributed by atoms with Gasteiger partial charge in [0.1, 0.15) is 0 Å². The largest absolute Gasteiger partial charge is 0.329 e. The number of nitrogens with one attached hydrogen (secondary N) is 1. The van der Waals surface area contributed by atoms with Crippen molar-refractivity contribution in [3.8, 4) is 0 Å². The predicted molar refractivity (Wildman–Crippen MR) is 80.9 cm³/mol. The maximum Gasteiger partial charge on any atom is 0.179 e. The van der Waals surface area contributed by atoms with Crippen LogP contribution < -0.4 is 0 Å². The summed E-state index contributed by atoms with van der Waals surface area (Å²) in [5.74, 6) is 1.42. The van der Waals surface area contributed by atoms with E-state index >= 15 is 0 Å². The zero-order valence-electron chi connectivity index (χ0n) is 11.8. The molecule has 0 radical (unpaired) electrons. The van der Waals surface area contributed by atoms with E-state index in [4.69, 9.17) is 12.2 Å². The van der Waals surface area contributed by atoms with Crippen molar-refractivity contribution in [1.29, 1.82) is 0 Å². The minimum Gasteiger partial charge on any atom is -0.329 e. The fraction of sp³-hybridized carbons (Fsp3) is 0.600. The smallest absolute Gasteiger partial charge is 0.179 e. The standard InChI is InChI=1S/C15H21N3S/c1-9-7-12-14(16-8-9)18(15(19)17-12)13-6-4-5-10(2)11(13)3/h7-8,10-11,13H,4-6H2,1-3H3,(H,17,19). The molecule has 0 spiro atoms. The molecule has 2 heterocycles. The quantitative estimate of drug-likeness (QED) is 0.783. The Morgan fingerprint density at radius 1 is 1.37 bits per heavy atom. The van der Waals surface area contributed by atoms with Gasteiger partial charge in [-0.1, -0.05) is 26.7 Å². The third-order valence-electron chi connectivity index (χ3n) is 4.69. The highest BCUT2D eigenvalue weighted by atomic mass is 32.1. The van der Waals surface area contributed by atoms with Crippen molar-refractivity contribution in [1.82, 2.24) is 14.5 Å². The number of aromatic amines is 1. The molecule has 0 aromatic carbocycles. The monoisotopic (exact) mass is 275 g/mol. The van der Waals surface area contributed by atoms with Crippen molar-refractivity contribution in [2.75, 3.05) is 0 Å². The molecule has 1 N–H and O–H groups in total. The Hall–Kier alpha value is -1.16. The first kappa shape index (κ1) is 12.9. The molecule has 3 rings (SSSR count). The highest BCUT2D eigenvalue weighted by Crippen LogP contribution is 2.39. The number of imidazole rings is 1. The number of hydrogen-bond donors (Lipinski definition) is 1. The van der Waals surface area contributed by atoms with Crippen molar-refractivity contribution >= 4 is 23.4 Å². The van der Waals surface area contributed by atoms with Gasteiger partial charge in [0.05, 0.1) is 5.52 Å². The number of nitrogens with zero attached hydrogens (tertiary/aromatic N) is 2. The van der Waals surface area contributed by atoms with Gasteiger partial charge in [0.15, 0.2) is 10.4 Å². The second kappa shape index (κ2) is 4.75. The zero-order valence-corrected chi connectivity index (χ0v) is 12.6. The van der Waals surface area contributed by atoms with Crippen molar-refractivity contribution in [3.63, 3.8) is 0 Å². The van der Waals surface area contributed by atoms with Gasteiger partial charge in [0.25, 0.3) is 0 Å². The number of pyridine rings is 1. The molecule has 1 fully saturated rings. The van der Waals surface area contributed by atoms with Crippen molar-refractivity contribution < 1.29 is 0 Å². The first-order valence-electron chi connectivity index (χ1n) is 7.15. The molecule has 1 saturated carbocycles. The summed E-state index contributed by atoms with van der Waals surface area (Å²) in [7, 11) is 0. The van der Waals surface area contributed by atoms with Gasteiger partial charge < -0.3 is 4.98 Å². The molecule has 3 atom stereocenters. The van der Waals surface area contributed by atoms with Crippen LogP contribution in [-0.2, 0) is 0 Å². The van der Waals surface area contributed by atoms with E-state index in [1.54, 1.807) is 0 Å². The third kappa shape index (κ3) is 2.12. The molecule has 0 saturated heterocycles. The van der Waals surface area contributed by atoms with E-state index in [0.29, 0.717) is 12.0 Å². The van der Waals surface area contributed by atoms with Gasteiger partial charge in [-0.3, -0.25) is 4.57 Å². The Balaban J connectivity index is 2.14. The highest BCUT2D eigenvalue weighted by molar-refractivity contribution is 7.71. The second-order valence-electron chi connectivity index (χ2n) is 6.02. The molecule has 19 heavy (non-hydrogen) atoms. The SMILES string of the molecule is Cc1cnc2c(c1)[nH]c(=S)n2C1CCCC(C)C1C. The maximum absolute atomic E-state index is 5.54. The van der Waals surface area contributed by atoms with Gasteiger partial charge in [-0.2, -0.15) is 0 Å². The number of aromatic nitrogens is 3. The summed E-state index contributed by atoms with van der Waals surface area (Å²) in [5.41, 5.74) is 3.25. The van der Waals surface area contributed by atoms with Crippen LogP contribution in [0.15, 0.2) is 12.3 Å². The minimum absolute atomic E-state index is 0.486. The average molecular weight is 275 g/mol.